The number of hydrogen-bond donors (Lipinski definition) is 2. The van der Waals surface area contributed by atoms with Gasteiger partial charge in [0, 0.05) is 17.2 Å². The van der Waals surface area contributed by atoms with Gasteiger partial charge >= 0.3 is 12.1 Å². The molecule has 0 amide bonds. The van der Waals surface area contributed by atoms with Crippen LogP contribution in [0.25, 0.3) is 17.2 Å². The summed E-state index contributed by atoms with van der Waals surface area (Å²) in [7, 11) is 0. The highest BCUT2D eigenvalue weighted by molar-refractivity contribution is 6.32. The average Bonchev–Trinajstić information content (AvgIpc) is 2.74. The third-order valence-corrected chi connectivity index (χ3v) is 5.04. The van der Waals surface area contributed by atoms with Crippen LogP contribution in [0.4, 0.5) is 13.2 Å². The summed E-state index contributed by atoms with van der Waals surface area (Å²) >= 11 is 6.20. The number of phenols is 1. The van der Waals surface area contributed by atoms with E-state index >= 15 is 0 Å². The number of carboxylic acid groups (broad SMARTS) is 1. The maximum absolute atomic E-state index is 13.3. The number of aromatic hydroxyl groups is 1. The first-order chi connectivity index (χ1) is 15.1. The first-order valence-corrected chi connectivity index (χ1v) is 9.59. The fourth-order valence-electron chi connectivity index (χ4n) is 3.24. The van der Waals surface area contributed by atoms with E-state index in [2.05, 4.69) is 0 Å². The first-order valence-electron chi connectivity index (χ1n) is 9.21. The Morgan fingerprint density at radius 1 is 1.06 bits per heavy atom. The Morgan fingerprint density at radius 2 is 1.75 bits per heavy atom. The van der Waals surface area contributed by atoms with E-state index in [1.165, 1.54) is 12.1 Å². The predicted octanol–water partition coefficient (Wildman–Crippen LogP) is 6.30. The molecule has 164 valence electrons. The summed E-state index contributed by atoms with van der Waals surface area (Å²) in [6.45, 7) is 0. The number of carboxylic acids is 1. The highest BCUT2D eigenvalue weighted by Gasteiger charge is 2.48. The summed E-state index contributed by atoms with van der Waals surface area (Å²) in [6, 6.07) is 15.9. The van der Waals surface area contributed by atoms with E-state index in [1.807, 2.05) is 0 Å². The summed E-state index contributed by atoms with van der Waals surface area (Å²) in [4.78, 5) is 11.2. The lowest BCUT2D eigenvalue weighted by Gasteiger charge is -2.27. The molecule has 0 aliphatic carbocycles. The van der Waals surface area contributed by atoms with Gasteiger partial charge in [-0.2, -0.15) is 13.2 Å². The highest BCUT2D eigenvalue weighted by atomic mass is 35.5. The molecule has 0 fully saturated rings. The Bertz CT molecular complexity index is 1220. The Balaban J connectivity index is 1.63. The van der Waals surface area contributed by atoms with Crippen molar-refractivity contribution in [2.75, 3.05) is 0 Å². The van der Waals surface area contributed by atoms with Gasteiger partial charge in [-0.25, -0.2) is 4.79 Å². The maximum Gasteiger partial charge on any atom is 0.430 e. The molecule has 9 heteroatoms. The molecule has 2 N–H and O–H groups in total. The second-order valence-corrected chi connectivity index (χ2v) is 7.32. The summed E-state index contributed by atoms with van der Waals surface area (Å²) in [6.07, 6.45) is -6.64. The van der Waals surface area contributed by atoms with Crippen LogP contribution in [0.5, 0.6) is 23.0 Å². The van der Waals surface area contributed by atoms with Gasteiger partial charge in [0.05, 0.1) is 10.6 Å². The topological polar surface area (TPSA) is 76.0 Å². The zero-order valence-electron chi connectivity index (χ0n) is 16.1. The van der Waals surface area contributed by atoms with Crippen LogP contribution >= 0.6 is 11.6 Å². The van der Waals surface area contributed by atoms with E-state index in [-0.39, 0.29) is 27.8 Å². The zero-order valence-corrected chi connectivity index (χ0v) is 16.8. The molecule has 4 rings (SSSR count). The SMILES string of the molecule is O=C(O)C1=Cc2cc(Cl)c(Oc3ccc(-c4ccccc4O)cc3)cc2OC1C(F)(F)F. The van der Waals surface area contributed by atoms with E-state index in [1.54, 1.807) is 48.5 Å². The standard InChI is InChI=1S/C23H14ClF3O5/c24-17-10-13-9-16(22(29)30)21(23(25,26)27)32-19(13)11-20(17)31-14-7-5-12(6-8-14)15-3-1-2-4-18(15)28/h1-11,21,28H,(H,29,30). The van der Waals surface area contributed by atoms with Gasteiger partial charge in [-0.3, -0.25) is 0 Å². The smallest absolute Gasteiger partial charge is 0.430 e. The third kappa shape index (κ3) is 4.22. The number of halogens is 4. The van der Waals surface area contributed by atoms with Crippen LogP contribution in [0.3, 0.4) is 0 Å². The average molecular weight is 463 g/mol. The van der Waals surface area contributed by atoms with Crippen molar-refractivity contribution in [3.63, 3.8) is 0 Å². The van der Waals surface area contributed by atoms with Crippen LogP contribution in [-0.2, 0) is 4.79 Å². The number of para-hydroxylation sites is 1. The summed E-state index contributed by atoms with van der Waals surface area (Å²) in [5, 5.41) is 19.1. The van der Waals surface area contributed by atoms with Crippen LogP contribution in [0.1, 0.15) is 5.56 Å². The minimum Gasteiger partial charge on any atom is -0.507 e. The van der Waals surface area contributed by atoms with E-state index in [9.17, 15) is 23.1 Å². The van der Waals surface area contributed by atoms with Crippen molar-refractivity contribution in [2.24, 2.45) is 0 Å². The van der Waals surface area contributed by atoms with Gasteiger partial charge in [0.2, 0.25) is 6.10 Å². The number of alkyl halides is 3. The molecule has 3 aromatic rings. The molecule has 5 nitrogen and oxygen atoms in total. The molecule has 0 radical (unpaired) electrons. The Kier molecular flexibility index (Phi) is 5.48. The van der Waals surface area contributed by atoms with Crippen LogP contribution in [0, 0.1) is 0 Å². The van der Waals surface area contributed by atoms with E-state index in [4.69, 9.17) is 26.2 Å². The van der Waals surface area contributed by atoms with Gasteiger partial charge in [0.1, 0.15) is 23.0 Å². The molecule has 1 aliphatic rings. The fraction of sp³-hybridized carbons (Fsp3) is 0.0870. The van der Waals surface area contributed by atoms with E-state index < -0.39 is 23.8 Å². The molecule has 1 heterocycles. The van der Waals surface area contributed by atoms with Crippen molar-refractivity contribution in [2.45, 2.75) is 12.3 Å². The number of phenolic OH excluding ortho intramolecular Hbond substituents is 1. The number of ether oxygens (including phenoxy) is 2. The van der Waals surface area contributed by atoms with Crippen molar-refractivity contribution in [3.05, 3.63) is 76.8 Å². The van der Waals surface area contributed by atoms with E-state index in [0.29, 0.717) is 11.3 Å². The lowest BCUT2D eigenvalue weighted by atomic mass is 10.0. The number of fused-ring (bicyclic) bond motifs is 1. The van der Waals surface area contributed by atoms with Crippen LogP contribution in [0.2, 0.25) is 5.02 Å². The summed E-state index contributed by atoms with van der Waals surface area (Å²) in [5.41, 5.74) is 0.512. The molecule has 3 aromatic carbocycles. The molecule has 0 saturated carbocycles. The maximum atomic E-state index is 13.3. The molecule has 1 atom stereocenters. The number of hydrogen-bond acceptors (Lipinski definition) is 4. The normalized spacial score (nSPS) is 15.4. The number of rotatable bonds is 4. The zero-order chi connectivity index (χ0) is 23.0. The quantitative estimate of drug-likeness (QED) is 0.476. The van der Waals surface area contributed by atoms with Gasteiger partial charge in [-0.05, 0) is 35.9 Å². The summed E-state index contributed by atoms with van der Waals surface area (Å²) < 4.78 is 50.5. The molecule has 0 aromatic heterocycles. The van der Waals surface area contributed by atoms with Crippen LogP contribution < -0.4 is 9.47 Å². The Hall–Kier alpha value is -3.65. The minimum absolute atomic E-state index is 0.0359. The predicted molar refractivity (Wildman–Crippen MR) is 111 cm³/mol. The van der Waals surface area contributed by atoms with Gasteiger partial charge in [-0.1, -0.05) is 41.9 Å². The molecular weight excluding hydrogens is 449 g/mol. The van der Waals surface area contributed by atoms with Gasteiger partial charge in [0.25, 0.3) is 0 Å². The molecular formula is C23H14ClF3O5. The van der Waals surface area contributed by atoms with Crippen molar-refractivity contribution in [1.82, 2.24) is 0 Å². The molecule has 0 saturated heterocycles. The second kappa shape index (κ2) is 8.12. The minimum atomic E-state index is -4.92. The van der Waals surface area contributed by atoms with Crippen LogP contribution in [-0.4, -0.2) is 28.5 Å². The second-order valence-electron chi connectivity index (χ2n) is 6.91. The van der Waals surface area contributed by atoms with Crippen molar-refractivity contribution >= 4 is 23.6 Å². The van der Waals surface area contributed by atoms with Gasteiger partial charge in [0.15, 0.2) is 0 Å². The lowest BCUT2D eigenvalue weighted by Crippen LogP contribution is -2.40. The highest BCUT2D eigenvalue weighted by Crippen LogP contribution is 2.42. The lowest BCUT2D eigenvalue weighted by molar-refractivity contribution is -0.187. The van der Waals surface area contributed by atoms with E-state index in [0.717, 1.165) is 11.6 Å². The molecule has 1 unspecified atom stereocenters. The largest absolute Gasteiger partial charge is 0.507 e. The van der Waals surface area contributed by atoms with Crippen molar-refractivity contribution < 1.29 is 37.7 Å². The molecule has 32 heavy (non-hydrogen) atoms. The fourth-order valence-corrected chi connectivity index (χ4v) is 3.45. The molecule has 0 spiro atoms. The summed E-state index contributed by atoms with van der Waals surface area (Å²) in [5.74, 6) is -1.45. The molecule has 1 aliphatic heterocycles. The third-order valence-electron chi connectivity index (χ3n) is 4.74. The molecule has 0 bridgehead atoms. The number of benzene rings is 3. The first kappa shape index (κ1) is 21.6. The Labute approximate surface area is 184 Å². The monoisotopic (exact) mass is 462 g/mol. The number of aliphatic carboxylic acids is 1. The van der Waals surface area contributed by atoms with Gasteiger partial charge in [-0.15, -0.1) is 0 Å². The number of carbonyl (C=O) groups is 1. The van der Waals surface area contributed by atoms with Gasteiger partial charge < -0.3 is 19.7 Å². The Morgan fingerprint density at radius 3 is 2.38 bits per heavy atom. The van der Waals surface area contributed by atoms with Crippen molar-refractivity contribution in [3.8, 4) is 34.1 Å². The van der Waals surface area contributed by atoms with Crippen molar-refractivity contribution in [1.29, 1.82) is 0 Å². The van der Waals surface area contributed by atoms with Crippen LogP contribution in [0.15, 0.2) is 66.2 Å².